The van der Waals surface area contributed by atoms with Crippen molar-refractivity contribution < 1.29 is 9.53 Å². The molecule has 2 aromatic heterocycles. The minimum atomic E-state index is 0.00282. The Morgan fingerprint density at radius 3 is 2.88 bits per heavy atom. The lowest BCUT2D eigenvalue weighted by Gasteiger charge is -2.16. The lowest BCUT2D eigenvalue weighted by Crippen LogP contribution is -2.27. The van der Waals surface area contributed by atoms with Crippen molar-refractivity contribution in [1.82, 2.24) is 19.8 Å². The van der Waals surface area contributed by atoms with E-state index < -0.39 is 0 Å². The average Bonchev–Trinajstić information content (AvgIpc) is 3.29. The van der Waals surface area contributed by atoms with Crippen LogP contribution in [-0.4, -0.2) is 45.6 Å². The Kier molecular flexibility index (Phi) is 5.79. The molecule has 0 aliphatic rings. The number of thioether (sulfide) groups is 1. The Morgan fingerprint density at radius 2 is 2.15 bits per heavy atom. The summed E-state index contributed by atoms with van der Waals surface area (Å²) in [5, 5.41) is 12.8. The molecule has 26 heavy (non-hydrogen) atoms. The van der Waals surface area contributed by atoms with E-state index >= 15 is 0 Å². The first kappa shape index (κ1) is 18.3. The molecule has 9 heteroatoms. The highest BCUT2D eigenvalue weighted by Gasteiger charge is 2.17. The Bertz CT molecular complexity index is 879. The quantitative estimate of drug-likeness (QED) is 0.493. The van der Waals surface area contributed by atoms with Gasteiger partial charge in [0.05, 0.1) is 18.4 Å². The second kappa shape index (κ2) is 8.24. The summed E-state index contributed by atoms with van der Waals surface area (Å²) in [6.45, 7) is 0.588. The Labute approximate surface area is 159 Å². The topological polar surface area (TPSA) is 86.3 Å². The molecule has 1 aromatic carbocycles. The molecule has 0 atom stereocenters. The van der Waals surface area contributed by atoms with Gasteiger partial charge in [0.25, 0.3) is 0 Å². The van der Waals surface area contributed by atoms with Crippen LogP contribution in [0, 0.1) is 0 Å². The van der Waals surface area contributed by atoms with E-state index in [-0.39, 0.29) is 11.7 Å². The van der Waals surface area contributed by atoms with Crippen molar-refractivity contribution in [3.63, 3.8) is 0 Å². The third kappa shape index (κ3) is 4.00. The number of aromatic nitrogens is 3. The maximum atomic E-state index is 12.3. The minimum Gasteiger partial charge on any atom is -0.496 e. The number of carbonyl (C=O) groups excluding carboxylic acids is 1. The maximum absolute atomic E-state index is 12.3. The van der Waals surface area contributed by atoms with E-state index in [9.17, 15) is 4.79 Å². The molecule has 2 N–H and O–H groups in total. The molecule has 0 saturated heterocycles. The summed E-state index contributed by atoms with van der Waals surface area (Å²) in [6, 6.07) is 9.46. The van der Waals surface area contributed by atoms with E-state index in [1.165, 1.54) is 16.4 Å². The zero-order valence-electron chi connectivity index (χ0n) is 14.5. The summed E-state index contributed by atoms with van der Waals surface area (Å²) < 4.78 is 6.72. The van der Waals surface area contributed by atoms with Crippen LogP contribution in [0.2, 0.25) is 0 Å². The first-order valence-electron chi connectivity index (χ1n) is 7.82. The molecule has 7 nitrogen and oxygen atoms in total. The van der Waals surface area contributed by atoms with Gasteiger partial charge in [0, 0.05) is 13.6 Å². The number of hydrogen-bond acceptors (Lipinski definition) is 7. The van der Waals surface area contributed by atoms with E-state index in [4.69, 9.17) is 10.6 Å². The van der Waals surface area contributed by atoms with Gasteiger partial charge in [0.1, 0.15) is 5.75 Å². The van der Waals surface area contributed by atoms with Crippen LogP contribution in [0.3, 0.4) is 0 Å². The van der Waals surface area contributed by atoms with Gasteiger partial charge >= 0.3 is 0 Å². The van der Waals surface area contributed by atoms with Gasteiger partial charge in [-0.05, 0) is 34.5 Å². The number of nitrogens with zero attached hydrogens (tertiary/aromatic N) is 4. The molecule has 0 bridgehead atoms. The van der Waals surface area contributed by atoms with Crippen LogP contribution >= 0.6 is 23.1 Å². The van der Waals surface area contributed by atoms with Crippen molar-refractivity contribution in [2.75, 3.05) is 25.8 Å². The Morgan fingerprint density at radius 1 is 1.35 bits per heavy atom. The van der Waals surface area contributed by atoms with Crippen molar-refractivity contribution in [2.24, 2.45) is 0 Å². The second-order valence-electron chi connectivity index (χ2n) is 5.55. The highest BCUT2D eigenvalue weighted by molar-refractivity contribution is 7.99. The molecule has 0 spiro atoms. The van der Waals surface area contributed by atoms with Crippen LogP contribution in [0.15, 0.2) is 46.2 Å². The van der Waals surface area contributed by atoms with Gasteiger partial charge in [-0.1, -0.05) is 23.9 Å². The lowest BCUT2D eigenvalue weighted by molar-refractivity contribution is -0.127. The molecule has 1 amide bonds. The Balaban J connectivity index is 1.66. The molecular weight excluding hydrogens is 370 g/mol. The molecule has 0 saturated carbocycles. The fourth-order valence-electron chi connectivity index (χ4n) is 2.37. The SMILES string of the molecule is COc1ccccc1-c1nnc(SCC(=O)N(C)Cc2ccsc2)n1N. The summed E-state index contributed by atoms with van der Waals surface area (Å²) in [7, 11) is 3.38. The number of ether oxygens (including phenoxy) is 1. The predicted octanol–water partition coefficient (Wildman–Crippen LogP) is 2.48. The molecular formula is C17H19N5O2S2. The molecule has 3 rings (SSSR count). The molecule has 136 valence electrons. The molecule has 2 heterocycles. The van der Waals surface area contributed by atoms with Crippen LogP contribution in [0.1, 0.15) is 5.56 Å². The zero-order chi connectivity index (χ0) is 18.5. The molecule has 0 radical (unpaired) electrons. The van der Waals surface area contributed by atoms with Crippen molar-refractivity contribution in [2.45, 2.75) is 11.7 Å². The van der Waals surface area contributed by atoms with Gasteiger partial charge in [-0.3, -0.25) is 4.79 Å². The van der Waals surface area contributed by atoms with E-state index in [0.29, 0.717) is 23.3 Å². The maximum Gasteiger partial charge on any atom is 0.233 e. The number of benzene rings is 1. The third-order valence-electron chi connectivity index (χ3n) is 3.76. The van der Waals surface area contributed by atoms with E-state index in [1.807, 2.05) is 41.1 Å². The predicted molar refractivity (Wildman–Crippen MR) is 104 cm³/mol. The number of nitrogen functional groups attached to an aromatic ring is 1. The fraction of sp³-hybridized carbons (Fsp3) is 0.235. The van der Waals surface area contributed by atoms with Crippen LogP contribution in [-0.2, 0) is 11.3 Å². The number of nitrogens with two attached hydrogens (primary N) is 1. The van der Waals surface area contributed by atoms with E-state index in [0.717, 1.165) is 11.1 Å². The van der Waals surface area contributed by atoms with E-state index in [2.05, 4.69) is 10.2 Å². The highest BCUT2D eigenvalue weighted by Crippen LogP contribution is 2.29. The fourth-order valence-corrected chi connectivity index (χ4v) is 3.83. The van der Waals surface area contributed by atoms with Crippen molar-refractivity contribution in [3.8, 4) is 17.1 Å². The Hall–Kier alpha value is -2.52. The zero-order valence-corrected chi connectivity index (χ0v) is 16.1. The number of methoxy groups -OCH3 is 1. The van der Waals surface area contributed by atoms with E-state index in [1.54, 1.807) is 30.4 Å². The van der Waals surface area contributed by atoms with Gasteiger partial charge in [0.15, 0.2) is 5.82 Å². The highest BCUT2D eigenvalue weighted by atomic mass is 32.2. The van der Waals surface area contributed by atoms with Crippen LogP contribution in [0.5, 0.6) is 5.75 Å². The normalized spacial score (nSPS) is 10.7. The van der Waals surface area contributed by atoms with Crippen molar-refractivity contribution in [3.05, 3.63) is 46.7 Å². The summed E-state index contributed by atoms with van der Waals surface area (Å²) in [5.41, 5.74) is 1.87. The standard InChI is InChI=1S/C17H19N5O2S2/c1-21(9-12-7-8-25-10-12)15(23)11-26-17-20-19-16(22(17)18)13-5-3-4-6-14(13)24-2/h3-8,10H,9,11,18H2,1-2H3. The van der Waals surface area contributed by atoms with Crippen LogP contribution in [0.25, 0.3) is 11.4 Å². The molecule has 0 unspecified atom stereocenters. The van der Waals surface area contributed by atoms with Crippen molar-refractivity contribution in [1.29, 1.82) is 0 Å². The molecule has 0 aliphatic heterocycles. The largest absolute Gasteiger partial charge is 0.496 e. The molecule has 0 fully saturated rings. The second-order valence-corrected chi connectivity index (χ2v) is 7.27. The molecule has 3 aromatic rings. The number of hydrogen-bond donors (Lipinski definition) is 1. The third-order valence-corrected chi connectivity index (χ3v) is 5.42. The molecule has 0 aliphatic carbocycles. The minimum absolute atomic E-state index is 0.00282. The van der Waals surface area contributed by atoms with Crippen molar-refractivity contribution >= 4 is 29.0 Å². The first-order chi connectivity index (χ1) is 12.6. The number of thiophene rings is 1. The lowest BCUT2D eigenvalue weighted by atomic mass is 10.2. The number of rotatable bonds is 7. The summed E-state index contributed by atoms with van der Waals surface area (Å²) in [5.74, 6) is 7.52. The number of carbonyl (C=O) groups is 1. The summed E-state index contributed by atoms with van der Waals surface area (Å²) >= 11 is 2.88. The average molecular weight is 390 g/mol. The smallest absolute Gasteiger partial charge is 0.233 e. The van der Waals surface area contributed by atoms with Crippen LogP contribution < -0.4 is 10.6 Å². The van der Waals surface area contributed by atoms with Gasteiger partial charge in [-0.2, -0.15) is 11.3 Å². The monoisotopic (exact) mass is 389 g/mol. The summed E-state index contributed by atoms with van der Waals surface area (Å²) in [4.78, 5) is 14.0. The number of para-hydroxylation sites is 1. The van der Waals surface area contributed by atoms with Gasteiger partial charge in [-0.15, -0.1) is 10.2 Å². The van der Waals surface area contributed by atoms with Gasteiger partial charge in [-0.25, -0.2) is 4.68 Å². The van der Waals surface area contributed by atoms with Gasteiger partial charge in [0.2, 0.25) is 11.1 Å². The van der Waals surface area contributed by atoms with Crippen LogP contribution in [0.4, 0.5) is 0 Å². The number of amides is 1. The first-order valence-corrected chi connectivity index (χ1v) is 9.74. The van der Waals surface area contributed by atoms with Gasteiger partial charge < -0.3 is 15.5 Å². The summed E-state index contributed by atoms with van der Waals surface area (Å²) in [6.07, 6.45) is 0.